The van der Waals surface area contributed by atoms with Crippen LogP contribution in [0.3, 0.4) is 0 Å². The van der Waals surface area contributed by atoms with Gasteiger partial charge in [-0.3, -0.25) is 0 Å². The molecule has 0 radical (unpaired) electrons. The third-order valence-corrected chi connectivity index (χ3v) is 4.28. The van der Waals surface area contributed by atoms with Crippen LogP contribution in [0.2, 0.25) is 5.02 Å². The molecule has 0 bridgehead atoms. The van der Waals surface area contributed by atoms with Gasteiger partial charge in [0.2, 0.25) is 4.96 Å². The maximum absolute atomic E-state index is 13.8. The molecule has 0 aliphatic heterocycles. The third-order valence-electron chi connectivity index (χ3n) is 3.12. The number of rotatable bonds is 2. The van der Waals surface area contributed by atoms with Gasteiger partial charge in [0.05, 0.1) is 0 Å². The second kappa shape index (κ2) is 3.98. The molecule has 2 heterocycles. The first kappa shape index (κ1) is 11.3. The molecule has 0 atom stereocenters. The summed E-state index contributed by atoms with van der Waals surface area (Å²) in [6.07, 6.45) is 2.25. The Labute approximate surface area is 116 Å². The molecule has 0 unspecified atom stereocenters. The van der Waals surface area contributed by atoms with Gasteiger partial charge in [-0.15, -0.1) is 10.2 Å². The van der Waals surface area contributed by atoms with Crippen LogP contribution in [0, 0.1) is 5.82 Å². The van der Waals surface area contributed by atoms with Crippen LogP contribution in [0.15, 0.2) is 18.2 Å². The van der Waals surface area contributed by atoms with Crippen molar-refractivity contribution in [2.24, 2.45) is 0 Å². The smallest absolute Gasteiger partial charge is 0.206 e. The Balaban J connectivity index is 1.88. The zero-order valence-corrected chi connectivity index (χ0v) is 11.2. The number of hydrogen-bond acceptors (Lipinski definition) is 4. The van der Waals surface area contributed by atoms with Crippen LogP contribution >= 0.6 is 22.9 Å². The van der Waals surface area contributed by atoms with E-state index in [1.807, 2.05) is 0 Å². The van der Waals surface area contributed by atoms with Crippen LogP contribution in [-0.2, 0) is 0 Å². The molecule has 7 heteroatoms. The summed E-state index contributed by atoms with van der Waals surface area (Å²) in [6, 6.07) is 4.46. The average molecular weight is 295 g/mol. The maximum atomic E-state index is 13.8. The van der Waals surface area contributed by atoms with Crippen molar-refractivity contribution in [1.82, 2.24) is 19.8 Å². The average Bonchev–Trinajstić information content (AvgIpc) is 3.01. The highest BCUT2D eigenvalue weighted by atomic mass is 35.5. The van der Waals surface area contributed by atoms with Gasteiger partial charge >= 0.3 is 0 Å². The van der Waals surface area contributed by atoms with E-state index in [4.69, 9.17) is 11.6 Å². The minimum atomic E-state index is -0.331. The second-order valence-corrected chi connectivity index (χ2v) is 5.95. The molecule has 1 fully saturated rings. The van der Waals surface area contributed by atoms with Crippen molar-refractivity contribution in [2.75, 3.05) is 0 Å². The monoisotopic (exact) mass is 294 g/mol. The van der Waals surface area contributed by atoms with E-state index in [1.165, 1.54) is 23.5 Å². The third kappa shape index (κ3) is 1.82. The Kier molecular flexibility index (Phi) is 2.37. The van der Waals surface area contributed by atoms with E-state index in [0.29, 0.717) is 26.5 Å². The topological polar surface area (TPSA) is 43.1 Å². The summed E-state index contributed by atoms with van der Waals surface area (Å²) in [4.78, 5) is 0.691. The summed E-state index contributed by atoms with van der Waals surface area (Å²) in [5, 5.41) is 13.7. The van der Waals surface area contributed by atoms with Gasteiger partial charge in [0.1, 0.15) is 5.82 Å². The first-order chi connectivity index (χ1) is 9.22. The van der Waals surface area contributed by atoms with Crippen molar-refractivity contribution >= 4 is 27.9 Å². The summed E-state index contributed by atoms with van der Waals surface area (Å²) in [5.41, 5.74) is 0.407. The van der Waals surface area contributed by atoms with E-state index in [1.54, 1.807) is 10.6 Å². The molecule has 4 nitrogen and oxygen atoms in total. The lowest BCUT2D eigenvalue weighted by atomic mass is 10.2. The van der Waals surface area contributed by atoms with E-state index in [0.717, 1.165) is 18.7 Å². The van der Waals surface area contributed by atoms with Gasteiger partial charge in [-0.05, 0) is 31.0 Å². The van der Waals surface area contributed by atoms with Crippen molar-refractivity contribution in [2.45, 2.75) is 18.8 Å². The molecule has 0 N–H and O–H groups in total. The first-order valence-corrected chi connectivity index (χ1v) is 7.09. The highest BCUT2D eigenvalue weighted by Gasteiger charge is 2.30. The molecular formula is C12H8ClFN4S. The van der Waals surface area contributed by atoms with E-state index >= 15 is 0 Å². The lowest BCUT2D eigenvalue weighted by molar-refractivity contribution is 0.630. The Morgan fingerprint density at radius 2 is 2.16 bits per heavy atom. The van der Waals surface area contributed by atoms with Gasteiger partial charge in [-0.1, -0.05) is 22.9 Å². The van der Waals surface area contributed by atoms with Gasteiger partial charge < -0.3 is 0 Å². The Hall–Kier alpha value is -1.53. The molecule has 0 amide bonds. The number of benzene rings is 1. The van der Waals surface area contributed by atoms with Crippen LogP contribution in [0.5, 0.6) is 0 Å². The van der Waals surface area contributed by atoms with Crippen molar-refractivity contribution < 1.29 is 4.39 Å². The van der Waals surface area contributed by atoms with Crippen molar-refractivity contribution in [1.29, 1.82) is 0 Å². The zero-order valence-electron chi connectivity index (χ0n) is 9.68. The second-order valence-electron chi connectivity index (χ2n) is 4.56. The maximum Gasteiger partial charge on any atom is 0.234 e. The molecule has 2 aromatic heterocycles. The summed E-state index contributed by atoms with van der Waals surface area (Å²) < 4.78 is 15.5. The molecule has 3 aromatic rings. The summed E-state index contributed by atoms with van der Waals surface area (Å²) in [5.74, 6) is 0.997. The quantitative estimate of drug-likeness (QED) is 0.726. The largest absolute Gasteiger partial charge is 0.234 e. The van der Waals surface area contributed by atoms with Crippen LogP contribution in [0.4, 0.5) is 4.39 Å². The predicted molar refractivity (Wildman–Crippen MR) is 71.0 cm³/mol. The summed E-state index contributed by atoms with van der Waals surface area (Å²) in [7, 11) is 0. The zero-order chi connectivity index (χ0) is 13.0. The minimum Gasteiger partial charge on any atom is -0.206 e. The van der Waals surface area contributed by atoms with Crippen LogP contribution in [0.25, 0.3) is 15.5 Å². The van der Waals surface area contributed by atoms with E-state index < -0.39 is 0 Å². The number of nitrogens with zero attached hydrogens (tertiary/aromatic N) is 4. The number of fused-ring (bicyclic) bond motifs is 1. The molecule has 96 valence electrons. The molecule has 1 saturated carbocycles. The van der Waals surface area contributed by atoms with Crippen LogP contribution in [0.1, 0.15) is 24.6 Å². The number of hydrogen-bond donors (Lipinski definition) is 0. The lowest BCUT2D eigenvalue weighted by Crippen LogP contribution is -1.94. The van der Waals surface area contributed by atoms with Crippen LogP contribution < -0.4 is 0 Å². The fourth-order valence-electron chi connectivity index (χ4n) is 2.00. The molecule has 19 heavy (non-hydrogen) atoms. The molecule has 0 spiro atoms. The highest BCUT2D eigenvalue weighted by Crippen LogP contribution is 2.40. The summed E-state index contributed by atoms with van der Waals surface area (Å²) >= 11 is 7.23. The molecule has 1 aliphatic rings. The predicted octanol–water partition coefficient (Wildman–Crippen LogP) is 3.52. The fraction of sp³-hybridized carbons (Fsp3) is 0.250. The van der Waals surface area contributed by atoms with Gasteiger partial charge in [-0.2, -0.15) is 9.61 Å². The van der Waals surface area contributed by atoms with Crippen LogP contribution in [-0.4, -0.2) is 19.8 Å². The van der Waals surface area contributed by atoms with Crippen molar-refractivity contribution in [3.8, 4) is 10.6 Å². The normalized spacial score (nSPS) is 15.3. The van der Waals surface area contributed by atoms with E-state index in [-0.39, 0.29) is 5.82 Å². The number of halogens is 2. The fourth-order valence-corrected chi connectivity index (χ4v) is 3.03. The molecule has 1 aromatic carbocycles. The van der Waals surface area contributed by atoms with Gasteiger partial charge in [0, 0.05) is 16.5 Å². The SMILES string of the molecule is Fc1ccc(Cl)cc1-c1nn2c(C3CC3)nnc2s1. The Morgan fingerprint density at radius 3 is 2.95 bits per heavy atom. The Bertz CT molecular complexity index is 777. The minimum absolute atomic E-state index is 0.331. The van der Waals surface area contributed by atoms with Gasteiger partial charge in [0.25, 0.3) is 0 Å². The first-order valence-electron chi connectivity index (χ1n) is 5.90. The summed E-state index contributed by atoms with van der Waals surface area (Å²) in [6.45, 7) is 0. The van der Waals surface area contributed by atoms with Crippen molar-refractivity contribution in [3.63, 3.8) is 0 Å². The number of aromatic nitrogens is 4. The van der Waals surface area contributed by atoms with Gasteiger partial charge in [0.15, 0.2) is 10.8 Å². The molecule has 1 aliphatic carbocycles. The molecule has 4 rings (SSSR count). The lowest BCUT2D eigenvalue weighted by Gasteiger charge is -1.98. The van der Waals surface area contributed by atoms with Gasteiger partial charge in [-0.25, -0.2) is 4.39 Å². The highest BCUT2D eigenvalue weighted by molar-refractivity contribution is 7.19. The standard InChI is InChI=1S/C12H8ClFN4S/c13-7-3-4-9(14)8(5-7)11-17-18-10(6-1-2-6)15-16-12(18)19-11/h3-6H,1-2H2. The van der Waals surface area contributed by atoms with Crippen molar-refractivity contribution in [3.05, 3.63) is 34.9 Å². The van der Waals surface area contributed by atoms with E-state index in [9.17, 15) is 4.39 Å². The molecule has 0 saturated heterocycles. The van der Waals surface area contributed by atoms with E-state index in [2.05, 4.69) is 15.3 Å². The Morgan fingerprint density at radius 1 is 1.32 bits per heavy atom. The molecular weight excluding hydrogens is 287 g/mol.